The molecule has 2 N–H and O–H groups in total. The Morgan fingerprint density at radius 1 is 1.19 bits per heavy atom. The fourth-order valence-electron chi connectivity index (χ4n) is 3.24. The highest BCUT2D eigenvalue weighted by Crippen LogP contribution is 2.34. The molecule has 21 heavy (non-hydrogen) atoms. The summed E-state index contributed by atoms with van der Waals surface area (Å²) in [5.41, 5.74) is 6.01. The summed E-state index contributed by atoms with van der Waals surface area (Å²) in [4.78, 5) is 2.14. The molecule has 2 nitrogen and oxygen atoms in total. The standard InChI is InChI=1S/C16H23F3N2/c1-21(15(12-20)8-3-2-4-9-15)11-13-6-5-7-14(10-13)16(17,18)19/h5-7,10H,2-4,8-9,11-12,20H2,1H3. The van der Waals surface area contributed by atoms with E-state index in [1.807, 2.05) is 7.05 Å². The first-order valence-corrected chi connectivity index (χ1v) is 7.45. The van der Waals surface area contributed by atoms with Crippen LogP contribution in [0, 0.1) is 0 Å². The van der Waals surface area contributed by atoms with E-state index in [4.69, 9.17) is 5.73 Å². The Hall–Kier alpha value is -1.07. The number of nitrogens with zero attached hydrogens (tertiary/aromatic N) is 1. The molecule has 0 spiro atoms. The predicted octanol–water partition coefficient (Wildman–Crippen LogP) is 3.80. The molecule has 0 radical (unpaired) electrons. The van der Waals surface area contributed by atoms with Crippen LogP contribution < -0.4 is 5.73 Å². The van der Waals surface area contributed by atoms with Crippen LogP contribution in [0.1, 0.15) is 43.2 Å². The Balaban J connectivity index is 2.13. The van der Waals surface area contributed by atoms with Gasteiger partial charge in [-0.2, -0.15) is 13.2 Å². The van der Waals surface area contributed by atoms with Crippen LogP contribution in [0.3, 0.4) is 0 Å². The Kier molecular flexibility index (Phi) is 4.94. The van der Waals surface area contributed by atoms with Crippen LogP contribution in [0.15, 0.2) is 24.3 Å². The second kappa shape index (κ2) is 6.36. The first kappa shape index (κ1) is 16.3. The van der Waals surface area contributed by atoms with Crippen LogP contribution in [0.5, 0.6) is 0 Å². The molecule has 1 fully saturated rings. The SMILES string of the molecule is CN(Cc1cccc(C(F)(F)F)c1)C1(CN)CCCCC1. The van der Waals surface area contributed by atoms with Crippen molar-refractivity contribution in [1.82, 2.24) is 4.90 Å². The zero-order valence-corrected chi connectivity index (χ0v) is 12.4. The fourth-order valence-corrected chi connectivity index (χ4v) is 3.24. The molecule has 2 rings (SSSR count). The third-order valence-electron chi connectivity index (χ3n) is 4.65. The normalized spacial score (nSPS) is 19.0. The second-order valence-corrected chi connectivity index (χ2v) is 6.04. The number of benzene rings is 1. The minimum Gasteiger partial charge on any atom is -0.329 e. The van der Waals surface area contributed by atoms with Crippen LogP contribution in [0.4, 0.5) is 13.2 Å². The van der Waals surface area contributed by atoms with E-state index in [0.717, 1.165) is 31.7 Å². The van der Waals surface area contributed by atoms with Gasteiger partial charge in [0.25, 0.3) is 0 Å². The maximum atomic E-state index is 12.8. The molecule has 5 heteroatoms. The third-order valence-corrected chi connectivity index (χ3v) is 4.65. The highest BCUT2D eigenvalue weighted by molar-refractivity contribution is 5.25. The highest BCUT2D eigenvalue weighted by Gasteiger charge is 2.35. The number of alkyl halides is 3. The van der Waals surface area contributed by atoms with Crippen molar-refractivity contribution in [3.8, 4) is 0 Å². The minimum atomic E-state index is -4.29. The van der Waals surface area contributed by atoms with Gasteiger partial charge in [-0.05, 0) is 31.5 Å². The first-order chi connectivity index (χ1) is 9.87. The van der Waals surface area contributed by atoms with Crippen molar-refractivity contribution in [3.63, 3.8) is 0 Å². The van der Waals surface area contributed by atoms with E-state index in [9.17, 15) is 13.2 Å². The summed E-state index contributed by atoms with van der Waals surface area (Å²) >= 11 is 0. The lowest BCUT2D eigenvalue weighted by Crippen LogP contribution is -2.52. The van der Waals surface area contributed by atoms with Crippen molar-refractivity contribution in [2.75, 3.05) is 13.6 Å². The molecule has 0 heterocycles. The molecule has 0 aliphatic heterocycles. The molecular weight excluding hydrogens is 277 g/mol. The molecule has 0 saturated heterocycles. The molecule has 118 valence electrons. The number of rotatable bonds is 4. The van der Waals surface area contributed by atoms with E-state index >= 15 is 0 Å². The first-order valence-electron chi connectivity index (χ1n) is 7.45. The van der Waals surface area contributed by atoms with Crippen molar-refractivity contribution < 1.29 is 13.2 Å². The van der Waals surface area contributed by atoms with Crippen molar-refractivity contribution in [3.05, 3.63) is 35.4 Å². The number of likely N-dealkylation sites (N-methyl/N-ethyl adjacent to an activating group) is 1. The molecule has 0 atom stereocenters. The average Bonchev–Trinajstić information content (AvgIpc) is 2.47. The quantitative estimate of drug-likeness (QED) is 0.916. The van der Waals surface area contributed by atoms with Gasteiger partial charge in [0.05, 0.1) is 5.56 Å². The van der Waals surface area contributed by atoms with Gasteiger partial charge < -0.3 is 5.73 Å². The molecule has 1 aliphatic rings. The molecular formula is C16H23F3N2. The Bertz CT molecular complexity index is 465. The van der Waals surface area contributed by atoms with Crippen LogP contribution in [0.2, 0.25) is 0 Å². The molecule has 0 bridgehead atoms. The molecule has 0 aromatic heterocycles. The second-order valence-electron chi connectivity index (χ2n) is 6.04. The maximum absolute atomic E-state index is 12.8. The van der Waals surface area contributed by atoms with Gasteiger partial charge in [-0.15, -0.1) is 0 Å². The number of hydrogen-bond donors (Lipinski definition) is 1. The number of halogens is 3. The monoisotopic (exact) mass is 300 g/mol. The summed E-state index contributed by atoms with van der Waals surface area (Å²) in [6.07, 6.45) is 1.27. The summed E-state index contributed by atoms with van der Waals surface area (Å²) < 4.78 is 38.3. The minimum absolute atomic E-state index is 0.0630. The summed E-state index contributed by atoms with van der Waals surface area (Å²) in [7, 11) is 1.97. The van der Waals surface area contributed by atoms with Crippen molar-refractivity contribution in [2.24, 2.45) is 5.73 Å². The summed E-state index contributed by atoms with van der Waals surface area (Å²) in [5.74, 6) is 0. The van der Waals surface area contributed by atoms with Gasteiger partial charge in [0.15, 0.2) is 0 Å². The summed E-state index contributed by atoms with van der Waals surface area (Å²) in [6, 6.07) is 5.58. The Labute approximate surface area is 124 Å². The van der Waals surface area contributed by atoms with Crippen molar-refractivity contribution in [1.29, 1.82) is 0 Å². The van der Waals surface area contributed by atoms with Gasteiger partial charge in [0.1, 0.15) is 0 Å². The third kappa shape index (κ3) is 3.77. The highest BCUT2D eigenvalue weighted by atomic mass is 19.4. The zero-order chi connectivity index (χ0) is 15.5. The molecule has 0 amide bonds. The van der Waals surface area contributed by atoms with Gasteiger partial charge in [-0.3, -0.25) is 4.90 Å². The maximum Gasteiger partial charge on any atom is 0.416 e. The summed E-state index contributed by atoms with van der Waals surface area (Å²) in [6.45, 7) is 1.06. The molecule has 0 unspecified atom stereocenters. The van der Waals surface area contributed by atoms with Gasteiger partial charge in [-0.1, -0.05) is 37.5 Å². The average molecular weight is 300 g/mol. The smallest absolute Gasteiger partial charge is 0.329 e. The van der Waals surface area contributed by atoms with Gasteiger partial charge in [0.2, 0.25) is 0 Å². The Morgan fingerprint density at radius 3 is 2.43 bits per heavy atom. The van der Waals surface area contributed by atoms with E-state index < -0.39 is 11.7 Å². The van der Waals surface area contributed by atoms with Gasteiger partial charge in [-0.25, -0.2) is 0 Å². The lowest BCUT2D eigenvalue weighted by atomic mass is 9.80. The lowest BCUT2D eigenvalue weighted by Gasteiger charge is -2.44. The van der Waals surface area contributed by atoms with Gasteiger partial charge in [0, 0.05) is 18.6 Å². The molecule has 1 aromatic carbocycles. The fraction of sp³-hybridized carbons (Fsp3) is 0.625. The summed E-state index contributed by atoms with van der Waals surface area (Å²) in [5, 5.41) is 0. The van der Waals surface area contributed by atoms with Crippen LogP contribution in [-0.4, -0.2) is 24.0 Å². The van der Waals surface area contributed by atoms with E-state index in [1.54, 1.807) is 6.07 Å². The Morgan fingerprint density at radius 2 is 1.86 bits per heavy atom. The molecule has 1 saturated carbocycles. The number of hydrogen-bond acceptors (Lipinski definition) is 2. The largest absolute Gasteiger partial charge is 0.416 e. The van der Waals surface area contributed by atoms with Gasteiger partial charge >= 0.3 is 6.18 Å². The topological polar surface area (TPSA) is 29.3 Å². The molecule has 1 aromatic rings. The predicted molar refractivity (Wildman–Crippen MR) is 77.8 cm³/mol. The van der Waals surface area contributed by atoms with Crippen molar-refractivity contribution >= 4 is 0 Å². The van der Waals surface area contributed by atoms with E-state index in [0.29, 0.717) is 18.7 Å². The van der Waals surface area contributed by atoms with Crippen molar-refractivity contribution in [2.45, 2.75) is 50.4 Å². The van der Waals surface area contributed by atoms with E-state index in [-0.39, 0.29) is 5.54 Å². The van der Waals surface area contributed by atoms with E-state index in [2.05, 4.69) is 4.90 Å². The van der Waals surface area contributed by atoms with Crippen LogP contribution in [0.25, 0.3) is 0 Å². The molecule has 1 aliphatic carbocycles. The lowest BCUT2D eigenvalue weighted by molar-refractivity contribution is -0.137. The zero-order valence-electron chi connectivity index (χ0n) is 12.4. The number of nitrogens with two attached hydrogens (primary N) is 1. The van der Waals surface area contributed by atoms with E-state index in [1.165, 1.54) is 18.6 Å². The van der Waals surface area contributed by atoms with Crippen LogP contribution >= 0.6 is 0 Å². The van der Waals surface area contributed by atoms with Crippen LogP contribution in [-0.2, 0) is 12.7 Å².